The number of carbonyl (C=O) groups is 1. The zero-order valence-electron chi connectivity index (χ0n) is 9.51. The van der Waals surface area contributed by atoms with Crippen LogP contribution in [0.5, 0.6) is 0 Å². The number of halogens is 2. The maximum atomic E-state index is 13.6. The van der Waals surface area contributed by atoms with Crippen LogP contribution in [0.15, 0.2) is 22.7 Å². The molecule has 4 heteroatoms. The SMILES string of the molecule is O=C(CC1CCCCN1)c1ccc(Br)cc1F. The summed E-state index contributed by atoms with van der Waals surface area (Å²) in [6.07, 6.45) is 3.70. The Kier molecular flexibility index (Phi) is 4.29. The van der Waals surface area contributed by atoms with Crippen LogP contribution in [-0.4, -0.2) is 18.4 Å². The van der Waals surface area contributed by atoms with Gasteiger partial charge in [-0.2, -0.15) is 0 Å². The van der Waals surface area contributed by atoms with Gasteiger partial charge >= 0.3 is 0 Å². The predicted molar refractivity (Wildman–Crippen MR) is 68.7 cm³/mol. The van der Waals surface area contributed by atoms with Crippen LogP contribution in [0, 0.1) is 5.82 Å². The number of hydrogen-bond donors (Lipinski definition) is 1. The highest BCUT2D eigenvalue weighted by Crippen LogP contribution is 2.19. The quantitative estimate of drug-likeness (QED) is 0.868. The average Bonchev–Trinajstić information content (AvgIpc) is 2.30. The molecule has 1 saturated heterocycles. The Morgan fingerprint density at radius 2 is 2.29 bits per heavy atom. The third-order valence-corrected chi connectivity index (χ3v) is 3.57. The number of nitrogens with one attached hydrogen (secondary N) is 1. The smallest absolute Gasteiger partial charge is 0.167 e. The van der Waals surface area contributed by atoms with Crippen molar-refractivity contribution in [2.24, 2.45) is 0 Å². The van der Waals surface area contributed by atoms with Crippen molar-refractivity contribution in [3.8, 4) is 0 Å². The number of ketones is 1. The highest BCUT2D eigenvalue weighted by atomic mass is 79.9. The average molecular weight is 300 g/mol. The molecule has 1 aliphatic rings. The number of benzene rings is 1. The molecular weight excluding hydrogens is 285 g/mol. The van der Waals surface area contributed by atoms with Gasteiger partial charge in [0.15, 0.2) is 5.78 Å². The molecule has 1 N–H and O–H groups in total. The molecule has 0 spiro atoms. The van der Waals surface area contributed by atoms with Crippen molar-refractivity contribution in [1.82, 2.24) is 5.32 Å². The van der Waals surface area contributed by atoms with Crippen molar-refractivity contribution in [3.05, 3.63) is 34.1 Å². The Bertz CT molecular complexity index is 416. The first kappa shape index (κ1) is 12.7. The zero-order chi connectivity index (χ0) is 12.3. The summed E-state index contributed by atoms with van der Waals surface area (Å²) < 4.78 is 14.2. The van der Waals surface area contributed by atoms with E-state index in [0.29, 0.717) is 10.9 Å². The monoisotopic (exact) mass is 299 g/mol. The first-order valence-corrected chi connectivity index (χ1v) is 6.68. The lowest BCUT2D eigenvalue weighted by molar-refractivity contribution is 0.0960. The van der Waals surface area contributed by atoms with Crippen molar-refractivity contribution >= 4 is 21.7 Å². The van der Waals surface area contributed by atoms with Gasteiger partial charge in [0.05, 0.1) is 5.56 Å². The summed E-state index contributed by atoms with van der Waals surface area (Å²) in [5, 5.41) is 3.30. The molecule has 1 heterocycles. The van der Waals surface area contributed by atoms with Crippen molar-refractivity contribution < 1.29 is 9.18 Å². The fourth-order valence-corrected chi connectivity index (χ4v) is 2.48. The summed E-state index contributed by atoms with van der Waals surface area (Å²) in [4.78, 5) is 11.9. The van der Waals surface area contributed by atoms with E-state index in [1.165, 1.54) is 6.07 Å². The van der Waals surface area contributed by atoms with E-state index in [4.69, 9.17) is 0 Å². The Hall–Kier alpha value is -0.740. The van der Waals surface area contributed by atoms with Gasteiger partial charge in [-0.15, -0.1) is 0 Å². The Balaban J connectivity index is 2.03. The maximum Gasteiger partial charge on any atom is 0.167 e. The molecule has 0 bridgehead atoms. The summed E-state index contributed by atoms with van der Waals surface area (Å²) >= 11 is 3.18. The Labute approximate surface area is 109 Å². The van der Waals surface area contributed by atoms with E-state index in [1.807, 2.05) is 0 Å². The van der Waals surface area contributed by atoms with Crippen LogP contribution in [0.3, 0.4) is 0 Å². The summed E-state index contributed by atoms with van der Waals surface area (Å²) in [6, 6.07) is 4.79. The molecule has 0 amide bonds. The molecule has 1 aromatic carbocycles. The van der Waals surface area contributed by atoms with E-state index in [0.717, 1.165) is 25.8 Å². The number of carbonyl (C=O) groups excluding carboxylic acids is 1. The van der Waals surface area contributed by atoms with E-state index in [2.05, 4.69) is 21.2 Å². The molecule has 0 radical (unpaired) electrons. The maximum absolute atomic E-state index is 13.6. The second-order valence-electron chi connectivity index (χ2n) is 4.40. The van der Waals surface area contributed by atoms with Gasteiger partial charge < -0.3 is 5.32 Å². The Morgan fingerprint density at radius 3 is 2.94 bits per heavy atom. The van der Waals surface area contributed by atoms with Gasteiger partial charge in [0.25, 0.3) is 0 Å². The van der Waals surface area contributed by atoms with E-state index >= 15 is 0 Å². The second kappa shape index (κ2) is 5.74. The van der Waals surface area contributed by atoms with E-state index < -0.39 is 5.82 Å². The number of piperidine rings is 1. The molecule has 1 aromatic rings. The summed E-state index contributed by atoms with van der Waals surface area (Å²) in [5.74, 6) is -0.561. The van der Waals surface area contributed by atoms with Crippen molar-refractivity contribution in [1.29, 1.82) is 0 Å². The fourth-order valence-electron chi connectivity index (χ4n) is 2.15. The molecule has 0 aliphatic carbocycles. The zero-order valence-corrected chi connectivity index (χ0v) is 11.1. The van der Waals surface area contributed by atoms with E-state index in [9.17, 15) is 9.18 Å². The molecular formula is C13H15BrFNO. The first-order chi connectivity index (χ1) is 8.16. The van der Waals surface area contributed by atoms with Gasteiger partial charge in [-0.05, 0) is 37.6 Å². The molecule has 1 unspecified atom stereocenters. The molecule has 1 fully saturated rings. The molecule has 2 rings (SSSR count). The third kappa shape index (κ3) is 3.36. The van der Waals surface area contributed by atoms with Crippen LogP contribution in [-0.2, 0) is 0 Å². The van der Waals surface area contributed by atoms with Crippen LogP contribution in [0.1, 0.15) is 36.0 Å². The molecule has 0 aromatic heterocycles. The Morgan fingerprint density at radius 1 is 1.47 bits per heavy atom. The number of Topliss-reactive ketones (excluding diaryl/α,β-unsaturated/α-hetero) is 1. The molecule has 1 aliphatic heterocycles. The van der Waals surface area contributed by atoms with Gasteiger partial charge in [0.2, 0.25) is 0 Å². The highest BCUT2D eigenvalue weighted by Gasteiger charge is 2.19. The topological polar surface area (TPSA) is 29.1 Å². The van der Waals surface area contributed by atoms with Crippen molar-refractivity contribution in [2.75, 3.05) is 6.54 Å². The van der Waals surface area contributed by atoms with Crippen LogP contribution in [0.4, 0.5) is 4.39 Å². The standard InChI is InChI=1S/C13H15BrFNO/c14-9-4-5-11(12(15)7-9)13(17)8-10-3-1-2-6-16-10/h4-5,7,10,16H,1-3,6,8H2. The van der Waals surface area contributed by atoms with Gasteiger partial charge in [0.1, 0.15) is 5.82 Å². The number of rotatable bonds is 3. The normalized spacial score (nSPS) is 20.2. The van der Waals surface area contributed by atoms with Gasteiger partial charge in [-0.3, -0.25) is 4.79 Å². The van der Waals surface area contributed by atoms with Gasteiger partial charge in [-0.25, -0.2) is 4.39 Å². The van der Waals surface area contributed by atoms with Gasteiger partial charge in [-0.1, -0.05) is 22.4 Å². The minimum Gasteiger partial charge on any atom is -0.314 e. The largest absolute Gasteiger partial charge is 0.314 e. The lowest BCUT2D eigenvalue weighted by atomic mass is 9.97. The molecule has 92 valence electrons. The molecule has 1 atom stereocenters. The van der Waals surface area contributed by atoms with E-state index in [-0.39, 0.29) is 17.4 Å². The summed E-state index contributed by atoms with van der Waals surface area (Å²) in [5.41, 5.74) is 0.195. The van der Waals surface area contributed by atoms with Crippen LogP contribution in [0.25, 0.3) is 0 Å². The summed E-state index contributed by atoms with van der Waals surface area (Å²) in [7, 11) is 0. The third-order valence-electron chi connectivity index (χ3n) is 3.08. The van der Waals surface area contributed by atoms with Crippen LogP contribution < -0.4 is 5.32 Å². The van der Waals surface area contributed by atoms with Crippen molar-refractivity contribution in [3.63, 3.8) is 0 Å². The van der Waals surface area contributed by atoms with E-state index in [1.54, 1.807) is 12.1 Å². The second-order valence-corrected chi connectivity index (χ2v) is 5.31. The number of hydrogen-bond acceptors (Lipinski definition) is 2. The lowest BCUT2D eigenvalue weighted by Gasteiger charge is -2.22. The predicted octanol–water partition coefficient (Wildman–Crippen LogP) is 3.30. The fraction of sp³-hybridized carbons (Fsp3) is 0.462. The van der Waals surface area contributed by atoms with Crippen LogP contribution in [0.2, 0.25) is 0 Å². The van der Waals surface area contributed by atoms with Gasteiger partial charge in [0, 0.05) is 16.9 Å². The highest BCUT2D eigenvalue weighted by molar-refractivity contribution is 9.10. The lowest BCUT2D eigenvalue weighted by Crippen LogP contribution is -2.35. The van der Waals surface area contributed by atoms with Crippen molar-refractivity contribution in [2.45, 2.75) is 31.7 Å². The minimum absolute atomic E-state index is 0.116. The minimum atomic E-state index is -0.444. The molecule has 17 heavy (non-hydrogen) atoms. The summed E-state index contributed by atoms with van der Waals surface area (Å²) in [6.45, 7) is 0.959. The molecule has 0 saturated carbocycles. The molecule has 2 nitrogen and oxygen atoms in total. The first-order valence-electron chi connectivity index (χ1n) is 5.88. The van der Waals surface area contributed by atoms with Crippen LogP contribution >= 0.6 is 15.9 Å².